The molecule has 310 valence electrons. The van der Waals surface area contributed by atoms with Crippen LogP contribution in [0.4, 0.5) is 15.1 Å². The lowest BCUT2D eigenvalue weighted by Crippen LogP contribution is -2.61. The highest BCUT2D eigenvalue weighted by atomic mass is 19.1. The maximum absolute atomic E-state index is 16.8. The molecule has 3 saturated heterocycles. The van der Waals surface area contributed by atoms with Gasteiger partial charge in [-0.2, -0.15) is 0 Å². The topological polar surface area (TPSA) is 246 Å². The Morgan fingerprint density at radius 1 is 1.07 bits per heavy atom. The first kappa shape index (κ1) is 43.0. The number of esters is 1. The third kappa shape index (κ3) is 8.14. The number of carbonyl (C=O) groups excluding carboxylic acids is 4. The van der Waals surface area contributed by atoms with Crippen LogP contribution in [0.25, 0.3) is 11.4 Å². The minimum atomic E-state index is -3.22. The van der Waals surface area contributed by atoms with E-state index in [1.807, 2.05) is 0 Å². The fourth-order valence-corrected chi connectivity index (χ4v) is 8.51. The van der Waals surface area contributed by atoms with Crippen LogP contribution in [0.3, 0.4) is 0 Å². The van der Waals surface area contributed by atoms with E-state index < -0.39 is 95.3 Å². The van der Waals surface area contributed by atoms with Crippen molar-refractivity contribution in [3.05, 3.63) is 18.5 Å². The molecule has 0 radical (unpaired) electrons. The van der Waals surface area contributed by atoms with E-state index in [9.17, 15) is 24.3 Å². The number of carbonyl (C=O) groups is 4. The standard InChI is InChI=1S/C37H55FN8O10/c1-10-25-37(8)28(46(34(51)56-37)14-13-45-17-24(43-44-45)23-11-12-41-33(40)42-23)20(4)26(47)18(2)16-35(6,52-9)30(21(5)29(49)36(7,38)32(50)54-25)55-31-27(48)22(39)15-19(3)53-31/h11-12,17-22,25,27-28,30-31,48H,10,13-16,39H2,1-9H3,(H2,40,41,42)/t18-,19?,20+,21+,22?,25-,27?,28-,30-,31+,35-,36+,37-/m1/s1. The van der Waals surface area contributed by atoms with E-state index in [4.69, 9.17) is 35.2 Å². The SMILES string of the molecule is CC[C@H]1OC(=O)[C@@](C)(F)C(=O)[C@H](C)[C@@H](O[C@@H]2OC(C)CC(N)C2O)[C@](C)(OC)C[C@@H](C)C(=O)[C@H](C)[C@H]2N(CCn3cc(-c4ccnc(N)n4)nn3)C(=O)O[C@]12C. The van der Waals surface area contributed by atoms with E-state index in [1.165, 1.54) is 36.7 Å². The second-order valence-electron chi connectivity index (χ2n) is 15.9. The molecule has 13 atom stereocenters. The number of rotatable bonds is 8. The van der Waals surface area contributed by atoms with Crippen LogP contribution < -0.4 is 11.5 Å². The van der Waals surface area contributed by atoms with Crippen LogP contribution in [0.15, 0.2) is 18.5 Å². The smallest absolute Gasteiger partial charge is 0.411 e. The summed E-state index contributed by atoms with van der Waals surface area (Å²) in [5.41, 5.74) is 6.35. The zero-order valence-corrected chi connectivity index (χ0v) is 33.4. The number of methoxy groups -OCH3 is 1. The average molecular weight is 791 g/mol. The molecule has 3 aliphatic rings. The molecule has 0 aliphatic carbocycles. The maximum atomic E-state index is 16.8. The van der Waals surface area contributed by atoms with Gasteiger partial charge in [0.2, 0.25) is 5.95 Å². The molecule has 5 rings (SSSR count). The van der Waals surface area contributed by atoms with Gasteiger partial charge in [0.25, 0.3) is 5.67 Å². The summed E-state index contributed by atoms with van der Waals surface area (Å²) in [6.45, 7) is 12.1. The minimum absolute atomic E-state index is 0.0169. The van der Waals surface area contributed by atoms with Gasteiger partial charge >= 0.3 is 12.1 Å². The van der Waals surface area contributed by atoms with E-state index in [1.54, 1.807) is 46.9 Å². The van der Waals surface area contributed by atoms with Gasteiger partial charge in [0, 0.05) is 43.6 Å². The van der Waals surface area contributed by atoms with Crippen molar-refractivity contribution >= 4 is 29.6 Å². The molecule has 56 heavy (non-hydrogen) atoms. The van der Waals surface area contributed by atoms with Gasteiger partial charge in [-0.25, -0.2) is 23.9 Å². The van der Waals surface area contributed by atoms with Crippen LogP contribution in [0.5, 0.6) is 0 Å². The number of nitrogens with two attached hydrogens (primary N) is 2. The molecule has 1 amide bonds. The first-order valence-electron chi connectivity index (χ1n) is 18.9. The Morgan fingerprint density at radius 3 is 2.41 bits per heavy atom. The summed E-state index contributed by atoms with van der Waals surface area (Å²) in [5.74, 6) is -6.09. The van der Waals surface area contributed by atoms with Gasteiger partial charge in [0.1, 0.15) is 23.7 Å². The fraction of sp³-hybridized carbons (Fsp3) is 0.730. The summed E-state index contributed by atoms with van der Waals surface area (Å²) in [5, 5.41) is 19.3. The third-order valence-electron chi connectivity index (χ3n) is 11.6. The number of fused-ring (bicyclic) bond motifs is 1. The number of ether oxygens (including phenoxy) is 5. The molecule has 19 heteroatoms. The van der Waals surface area contributed by atoms with E-state index >= 15 is 4.39 Å². The van der Waals surface area contributed by atoms with Gasteiger partial charge < -0.3 is 40.3 Å². The Bertz CT molecular complexity index is 1780. The number of halogens is 1. The number of aliphatic hydroxyl groups excluding tert-OH is 1. The number of cyclic esters (lactones) is 1. The summed E-state index contributed by atoms with van der Waals surface area (Å²) in [6, 6.07) is -0.147. The van der Waals surface area contributed by atoms with Gasteiger partial charge in [0.05, 0.1) is 42.3 Å². The number of hydrogen-bond donors (Lipinski definition) is 3. The van der Waals surface area contributed by atoms with Gasteiger partial charge in [-0.05, 0) is 53.0 Å². The monoisotopic (exact) mass is 790 g/mol. The number of nitrogen functional groups attached to an aromatic ring is 1. The minimum Gasteiger partial charge on any atom is -0.455 e. The molecule has 3 aliphatic heterocycles. The van der Waals surface area contributed by atoms with Crippen molar-refractivity contribution in [3.63, 3.8) is 0 Å². The Balaban J connectivity index is 1.53. The fourth-order valence-electron chi connectivity index (χ4n) is 8.51. The molecule has 3 fully saturated rings. The summed E-state index contributed by atoms with van der Waals surface area (Å²) < 4.78 is 48.2. The van der Waals surface area contributed by atoms with Crippen LogP contribution >= 0.6 is 0 Å². The highest BCUT2D eigenvalue weighted by molar-refractivity contribution is 6.08. The lowest BCUT2D eigenvalue weighted by molar-refractivity contribution is -0.288. The second-order valence-corrected chi connectivity index (χ2v) is 15.9. The Kier molecular flexibility index (Phi) is 12.6. The first-order chi connectivity index (χ1) is 26.2. The molecule has 0 aromatic carbocycles. The summed E-state index contributed by atoms with van der Waals surface area (Å²) in [7, 11) is 1.36. The molecular formula is C37H55FN8O10. The quantitative estimate of drug-likeness (QED) is 0.256. The molecule has 0 spiro atoms. The Morgan fingerprint density at radius 2 is 1.77 bits per heavy atom. The van der Waals surface area contributed by atoms with Gasteiger partial charge in [-0.3, -0.25) is 19.2 Å². The lowest BCUT2D eigenvalue weighted by atomic mass is 9.73. The number of alkyl halides is 1. The summed E-state index contributed by atoms with van der Waals surface area (Å²) in [6.07, 6.45) is -3.12. The van der Waals surface area contributed by atoms with Crippen molar-refractivity contribution in [2.45, 2.75) is 141 Å². The third-order valence-corrected chi connectivity index (χ3v) is 11.6. The summed E-state index contributed by atoms with van der Waals surface area (Å²) in [4.78, 5) is 65.8. The van der Waals surface area contributed by atoms with Crippen molar-refractivity contribution in [1.29, 1.82) is 0 Å². The zero-order chi connectivity index (χ0) is 41.5. The van der Waals surface area contributed by atoms with Crippen LogP contribution in [0, 0.1) is 17.8 Å². The average Bonchev–Trinajstić information content (AvgIpc) is 3.73. The zero-order valence-electron chi connectivity index (χ0n) is 33.4. The van der Waals surface area contributed by atoms with E-state index in [2.05, 4.69) is 20.3 Å². The molecule has 2 aromatic rings. The number of amides is 1. The predicted molar refractivity (Wildman–Crippen MR) is 196 cm³/mol. The van der Waals surface area contributed by atoms with E-state index in [0.29, 0.717) is 17.8 Å². The normalized spacial score (nSPS) is 38.8. The number of nitrogens with zero attached hydrogens (tertiary/aromatic N) is 6. The van der Waals surface area contributed by atoms with Crippen molar-refractivity contribution in [2.75, 3.05) is 19.4 Å². The molecule has 18 nitrogen and oxygen atoms in total. The lowest BCUT2D eigenvalue weighted by Gasteiger charge is -2.46. The van der Waals surface area contributed by atoms with Crippen molar-refractivity contribution in [1.82, 2.24) is 29.9 Å². The Hall–Kier alpha value is -4.17. The van der Waals surface area contributed by atoms with Crippen LogP contribution in [-0.4, -0.2) is 132 Å². The van der Waals surface area contributed by atoms with Gasteiger partial charge in [-0.15, -0.1) is 5.10 Å². The van der Waals surface area contributed by atoms with Crippen LogP contribution in [0.1, 0.15) is 74.7 Å². The number of aromatic nitrogens is 5. The second kappa shape index (κ2) is 16.4. The maximum Gasteiger partial charge on any atom is 0.411 e. The van der Waals surface area contributed by atoms with Crippen LogP contribution in [0.2, 0.25) is 0 Å². The molecule has 5 N–H and O–H groups in total. The largest absolute Gasteiger partial charge is 0.455 e. The van der Waals surface area contributed by atoms with Gasteiger partial charge in [0.15, 0.2) is 17.7 Å². The molecular weight excluding hydrogens is 735 g/mol. The first-order valence-corrected chi connectivity index (χ1v) is 18.9. The summed E-state index contributed by atoms with van der Waals surface area (Å²) >= 11 is 0. The van der Waals surface area contributed by atoms with Gasteiger partial charge in [-0.1, -0.05) is 32.9 Å². The number of Topliss-reactive ketones (excluding diaryl/α,β-unsaturated/α-hetero) is 2. The molecule has 5 heterocycles. The predicted octanol–water partition coefficient (Wildman–Crippen LogP) is 2.01. The number of ketones is 2. The van der Waals surface area contributed by atoms with E-state index in [-0.39, 0.29) is 37.7 Å². The number of hydrogen-bond acceptors (Lipinski definition) is 16. The van der Waals surface area contributed by atoms with Crippen molar-refractivity contribution in [3.8, 4) is 11.4 Å². The highest BCUT2D eigenvalue weighted by Gasteiger charge is 2.61. The van der Waals surface area contributed by atoms with Crippen molar-refractivity contribution < 1.29 is 52.4 Å². The van der Waals surface area contributed by atoms with Crippen molar-refractivity contribution in [2.24, 2.45) is 23.5 Å². The Labute approximate surface area is 325 Å². The number of aliphatic hydroxyl groups is 1. The molecule has 3 unspecified atom stereocenters. The highest BCUT2D eigenvalue weighted by Crippen LogP contribution is 2.43. The van der Waals surface area contributed by atoms with E-state index in [0.717, 1.165) is 6.92 Å². The molecule has 0 saturated carbocycles. The molecule has 0 bridgehead atoms. The molecule has 2 aromatic heterocycles. The number of anilines is 1. The van der Waals surface area contributed by atoms with Crippen LogP contribution in [-0.2, 0) is 44.6 Å².